The van der Waals surface area contributed by atoms with Crippen molar-refractivity contribution < 1.29 is 14.6 Å². The number of aliphatic hydroxyl groups is 1. The molecule has 0 atom stereocenters. The number of ether oxygens (including phenoxy) is 1. The maximum Gasteiger partial charge on any atom is 0.225 e. The quantitative estimate of drug-likeness (QED) is 0.712. The molecule has 2 N–H and O–H groups in total. The molecule has 1 aliphatic heterocycles. The summed E-state index contributed by atoms with van der Waals surface area (Å²) in [5.74, 6) is -0.0255. The van der Waals surface area contributed by atoms with Crippen molar-refractivity contribution in [1.29, 1.82) is 0 Å². The Hall–Kier alpha value is -0.610. The molecule has 0 unspecified atom stereocenters. The summed E-state index contributed by atoms with van der Waals surface area (Å²) in [4.78, 5) is 11.6. The van der Waals surface area contributed by atoms with Gasteiger partial charge in [0.25, 0.3) is 0 Å². The van der Waals surface area contributed by atoms with E-state index in [1.165, 1.54) is 0 Å². The van der Waals surface area contributed by atoms with E-state index in [2.05, 4.69) is 5.32 Å². The summed E-state index contributed by atoms with van der Waals surface area (Å²) < 4.78 is 5.17. The van der Waals surface area contributed by atoms with Crippen LogP contribution in [0.1, 0.15) is 33.6 Å². The van der Waals surface area contributed by atoms with Gasteiger partial charge in [0.05, 0.1) is 5.60 Å². The van der Waals surface area contributed by atoms with E-state index >= 15 is 0 Å². The van der Waals surface area contributed by atoms with Gasteiger partial charge in [0, 0.05) is 38.0 Å². The molecule has 1 saturated heterocycles. The minimum Gasteiger partial charge on any atom is -0.388 e. The van der Waals surface area contributed by atoms with Gasteiger partial charge in [0.1, 0.15) is 0 Å². The molecule has 0 aromatic rings. The molecular formula is C11H21NO3. The lowest BCUT2D eigenvalue weighted by atomic mass is 9.92. The average molecular weight is 215 g/mol. The summed E-state index contributed by atoms with van der Waals surface area (Å²) >= 11 is 0. The third-order valence-corrected chi connectivity index (χ3v) is 2.68. The summed E-state index contributed by atoms with van der Waals surface area (Å²) in [7, 11) is 0. The molecule has 1 rings (SSSR count). The van der Waals surface area contributed by atoms with Gasteiger partial charge in [0.15, 0.2) is 0 Å². The van der Waals surface area contributed by atoms with Gasteiger partial charge in [-0.05, 0) is 0 Å². The first kappa shape index (κ1) is 12.5. The lowest BCUT2D eigenvalue weighted by Gasteiger charge is -2.33. The molecular weight excluding hydrogens is 194 g/mol. The summed E-state index contributed by atoms with van der Waals surface area (Å²) in [5.41, 5.74) is -1.18. The number of nitrogens with one attached hydrogen (secondary N) is 1. The Morgan fingerprint density at radius 2 is 1.93 bits per heavy atom. The highest BCUT2D eigenvalue weighted by atomic mass is 16.5. The van der Waals surface area contributed by atoms with E-state index in [9.17, 15) is 9.90 Å². The zero-order valence-electron chi connectivity index (χ0n) is 9.80. The Morgan fingerprint density at radius 3 is 2.40 bits per heavy atom. The maximum atomic E-state index is 11.6. The summed E-state index contributed by atoms with van der Waals surface area (Å²) in [6, 6.07) is 0. The first-order valence-corrected chi connectivity index (χ1v) is 5.42. The van der Waals surface area contributed by atoms with Crippen molar-refractivity contribution in [3.05, 3.63) is 0 Å². The van der Waals surface area contributed by atoms with E-state index < -0.39 is 11.0 Å². The molecule has 0 saturated carbocycles. The standard InChI is InChI=1S/C11H21NO3/c1-10(2,3)9(13)12-8-11(14)4-6-15-7-5-11/h14H,4-8H2,1-3H3,(H,12,13). The Morgan fingerprint density at radius 1 is 1.40 bits per heavy atom. The van der Waals surface area contributed by atoms with Crippen LogP contribution in [0.4, 0.5) is 0 Å². The molecule has 0 aromatic heterocycles. The van der Waals surface area contributed by atoms with Crippen LogP contribution in [0, 0.1) is 5.41 Å². The van der Waals surface area contributed by atoms with E-state index in [1.54, 1.807) is 0 Å². The second kappa shape index (κ2) is 4.49. The van der Waals surface area contributed by atoms with Gasteiger partial charge in [-0.2, -0.15) is 0 Å². The number of carbonyl (C=O) groups is 1. The molecule has 15 heavy (non-hydrogen) atoms. The second-order valence-electron chi connectivity index (χ2n) is 5.27. The predicted octanol–water partition coefficient (Wildman–Crippen LogP) is 0.690. The molecule has 0 radical (unpaired) electrons. The molecule has 0 aromatic carbocycles. The van der Waals surface area contributed by atoms with Crippen molar-refractivity contribution in [3.63, 3.8) is 0 Å². The molecule has 1 aliphatic rings. The Labute approximate surface area is 91.0 Å². The number of hydrogen-bond acceptors (Lipinski definition) is 3. The van der Waals surface area contributed by atoms with Crippen molar-refractivity contribution in [2.24, 2.45) is 5.41 Å². The van der Waals surface area contributed by atoms with Crippen LogP contribution in [0.25, 0.3) is 0 Å². The van der Waals surface area contributed by atoms with Gasteiger partial charge in [-0.1, -0.05) is 20.8 Å². The molecule has 1 fully saturated rings. The van der Waals surface area contributed by atoms with E-state index in [4.69, 9.17) is 4.74 Å². The van der Waals surface area contributed by atoms with Gasteiger partial charge < -0.3 is 15.2 Å². The van der Waals surface area contributed by atoms with Crippen LogP contribution in [-0.4, -0.2) is 36.4 Å². The molecule has 1 amide bonds. The summed E-state index contributed by atoms with van der Waals surface area (Å²) in [6.07, 6.45) is 1.19. The van der Waals surface area contributed by atoms with Gasteiger partial charge in [-0.3, -0.25) is 4.79 Å². The third kappa shape index (κ3) is 3.80. The molecule has 0 spiro atoms. The smallest absolute Gasteiger partial charge is 0.225 e. The van der Waals surface area contributed by atoms with Crippen molar-refractivity contribution in [1.82, 2.24) is 5.32 Å². The van der Waals surface area contributed by atoms with Crippen LogP contribution < -0.4 is 5.32 Å². The van der Waals surface area contributed by atoms with Gasteiger partial charge in [0.2, 0.25) is 5.91 Å². The Balaban J connectivity index is 2.38. The number of rotatable bonds is 2. The van der Waals surface area contributed by atoms with Gasteiger partial charge >= 0.3 is 0 Å². The fourth-order valence-corrected chi connectivity index (χ4v) is 1.44. The molecule has 0 aliphatic carbocycles. The number of amides is 1. The minimum atomic E-state index is -0.779. The van der Waals surface area contributed by atoms with Gasteiger partial charge in [-0.15, -0.1) is 0 Å². The Bertz CT molecular complexity index is 226. The summed E-state index contributed by atoms with van der Waals surface area (Å²) in [5, 5.41) is 12.9. The molecule has 88 valence electrons. The van der Waals surface area contributed by atoms with Crippen LogP contribution in [0.2, 0.25) is 0 Å². The molecule has 0 bridgehead atoms. The monoisotopic (exact) mass is 215 g/mol. The van der Waals surface area contributed by atoms with Crippen molar-refractivity contribution >= 4 is 5.91 Å². The van der Waals surface area contributed by atoms with E-state index in [-0.39, 0.29) is 5.91 Å². The van der Waals surface area contributed by atoms with Crippen LogP contribution in [0.15, 0.2) is 0 Å². The van der Waals surface area contributed by atoms with Crippen LogP contribution in [0.5, 0.6) is 0 Å². The van der Waals surface area contributed by atoms with Gasteiger partial charge in [-0.25, -0.2) is 0 Å². The highest BCUT2D eigenvalue weighted by Gasteiger charge is 2.31. The first-order valence-electron chi connectivity index (χ1n) is 5.42. The maximum absolute atomic E-state index is 11.6. The third-order valence-electron chi connectivity index (χ3n) is 2.68. The molecule has 1 heterocycles. The zero-order valence-corrected chi connectivity index (χ0v) is 9.80. The van der Waals surface area contributed by atoms with E-state index in [1.807, 2.05) is 20.8 Å². The zero-order chi connectivity index (χ0) is 11.5. The SMILES string of the molecule is CC(C)(C)C(=O)NCC1(O)CCOCC1. The first-order chi connectivity index (χ1) is 6.83. The van der Waals surface area contributed by atoms with Crippen LogP contribution >= 0.6 is 0 Å². The lowest BCUT2D eigenvalue weighted by molar-refractivity contribution is -0.131. The average Bonchev–Trinajstić information content (AvgIpc) is 2.14. The number of carbonyl (C=O) groups excluding carboxylic acids is 1. The van der Waals surface area contributed by atoms with Crippen molar-refractivity contribution in [2.45, 2.75) is 39.2 Å². The largest absolute Gasteiger partial charge is 0.388 e. The van der Waals surface area contributed by atoms with E-state index in [0.29, 0.717) is 32.6 Å². The topological polar surface area (TPSA) is 58.6 Å². The van der Waals surface area contributed by atoms with Crippen LogP contribution in [-0.2, 0) is 9.53 Å². The Kier molecular flexibility index (Phi) is 3.73. The second-order valence-corrected chi connectivity index (χ2v) is 5.27. The fourth-order valence-electron chi connectivity index (χ4n) is 1.44. The van der Waals surface area contributed by atoms with Crippen molar-refractivity contribution in [2.75, 3.05) is 19.8 Å². The van der Waals surface area contributed by atoms with E-state index in [0.717, 1.165) is 0 Å². The lowest BCUT2D eigenvalue weighted by Crippen LogP contribution is -2.48. The predicted molar refractivity (Wildman–Crippen MR) is 57.5 cm³/mol. The number of hydrogen-bond donors (Lipinski definition) is 2. The highest BCUT2D eigenvalue weighted by molar-refractivity contribution is 5.81. The van der Waals surface area contributed by atoms with Crippen molar-refractivity contribution in [3.8, 4) is 0 Å². The molecule has 4 heteroatoms. The molecule has 4 nitrogen and oxygen atoms in total. The summed E-state index contributed by atoms with van der Waals surface area (Å²) in [6.45, 7) is 7.04. The fraction of sp³-hybridized carbons (Fsp3) is 0.909. The van der Waals surface area contributed by atoms with Crippen LogP contribution in [0.3, 0.4) is 0 Å². The minimum absolute atomic E-state index is 0.0255. The highest BCUT2D eigenvalue weighted by Crippen LogP contribution is 2.20. The normalized spacial score (nSPS) is 21.1.